The van der Waals surface area contributed by atoms with Crippen LogP contribution in [0.15, 0.2) is 0 Å². The van der Waals surface area contributed by atoms with Gasteiger partial charge in [0.15, 0.2) is 0 Å². The Balaban J connectivity index is 1.21. The molecule has 18 nitrogen and oxygen atoms in total. The number of ether oxygens (including phenoxy) is 4. The second kappa shape index (κ2) is 14.9. The van der Waals surface area contributed by atoms with Crippen LogP contribution in [0.3, 0.4) is 0 Å². The number of hydrogen-bond acceptors (Lipinski definition) is 15. The van der Waals surface area contributed by atoms with Gasteiger partial charge in [-0.15, -0.1) is 0 Å². The first-order valence-corrected chi connectivity index (χ1v) is 17.6. The SMILES string of the molecule is O=P(O)(OC[C@H]1OCC[C@@H]1OP(=O)(O)OC[C@H]1OCC[C@@H]1OP(=O)(O)OC[C@H]1OCC[C@@H]1O)O[C@H]1CCO[C@@H]1CO. The molecule has 0 aromatic rings. The highest BCUT2D eigenvalue weighted by molar-refractivity contribution is 7.48. The molecule has 0 aromatic carbocycles. The molecule has 41 heavy (non-hydrogen) atoms. The normalized spacial score (nSPS) is 38.6. The molecule has 0 aliphatic carbocycles. The molecule has 4 heterocycles. The van der Waals surface area contributed by atoms with Crippen molar-refractivity contribution in [2.24, 2.45) is 0 Å². The molecule has 4 rings (SSSR count). The summed E-state index contributed by atoms with van der Waals surface area (Å²) in [4.78, 5) is 30.4. The average Bonchev–Trinajstić information content (AvgIpc) is 3.69. The van der Waals surface area contributed by atoms with E-state index < -0.39 is 92.1 Å². The zero-order valence-electron chi connectivity index (χ0n) is 22.0. The van der Waals surface area contributed by atoms with Crippen LogP contribution in [0, 0.1) is 0 Å². The van der Waals surface area contributed by atoms with Gasteiger partial charge in [0.25, 0.3) is 0 Å². The van der Waals surface area contributed by atoms with E-state index in [9.17, 15) is 38.6 Å². The average molecular weight is 658 g/mol. The molecule has 4 saturated heterocycles. The van der Waals surface area contributed by atoms with Gasteiger partial charge in [-0.1, -0.05) is 0 Å². The maximum atomic E-state index is 12.6. The zero-order chi connectivity index (χ0) is 29.7. The molecule has 11 atom stereocenters. The van der Waals surface area contributed by atoms with Gasteiger partial charge in [0.2, 0.25) is 0 Å². The molecule has 4 fully saturated rings. The molecule has 240 valence electrons. The van der Waals surface area contributed by atoms with Crippen LogP contribution in [0.4, 0.5) is 0 Å². The Bertz CT molecular complexity index is 985. The number of rotatable bonds is 16. The quantitative estimate of drug-likeness (QED) is 0.137. The minimum Gasteiger partial charge on any atom is -0.394 e. The van der Waals surface area contributed by atoms with Gasteiger partial charge in [-0.3, -0.25) is 27.1 Å². The predicted molar refractivity (Wildman–Crippen MR) is 132 cm³/mol. The molecule has 5 N–H and O–H groups in total. The minimum atomic E-state index is -4.73. The first-order chi connectivity index (χ1) is 19.4. The Hall–Kier alpha value is 0.0900. The van der Waals surface area contributed by atoms with E-state index in [2.05, 4.69) is 0 Å². The van der Waals surface area contributed by atoms with Crippen molar-refractivity contribution in [3.8, 4) is 0 Å². The molecular weight excluding hydrogens is 621 g/mol. The largest absolute Gasteiger partial charge is 0.472 e. The van der Waals surface area contributed by atoms with E-state index in [1.54, 1.807) is 0 Å². The van der Waals surface area contributed by atoms with Crippen LogP contribution >= 0.6 is 23.5 Å². The minimum absolute atomic E-state index is 0.106. The molecule has 0 bridgehead atoms. The molecule has 0 amide bonds. The topological polar surface area (TPSA) is 245 Å². The monoisotopic (exact) mass is 658 g/mol. The van der Waals surface area contributed by atoms with Gasteiger partial charge in [0.1, 0.15) is 42.7 Å². The zero-order valence-corrected chi connectivity index (χ0v) is 24.7. The Morgan fingerprint density at radius 1 is 0.561 bits per heavy atom. The fraction of sp³-hybridized carbons (Fsp3) is 1.00. The fourth-order valence-corrected chi connectivity index (χ4v) is 7.57. The summed E-state index contributed by atoms with van der Waals surface area (Å²) in [7, 11) is -13.9. The molecule has 4 aliphatic rings. The summed E-state index contributed by atoms with van der Waals surface area (Å²) in [5.74, 6) is 0. The first-order valence-electron chi connectivity index (χ1n) is 13.1. The highest BCUT2D eigenvalue weighted by atomic mass is 31.2. The summed E-state index contributed by atoms with van der Waals surface area (Å²) in [5, 5.41) is 19.0. The third kappa shape index (κ3) is 10.3. The van der Waals surface area contributed by atoms with Crippen LogP contribution in [0.1, 0.15) is 25.7 Å². The number of aliphatic hydroxyl groups excluding tert-OH is 2. The van der Waals surface area contributed by atoms with Crippen molar-refractivity contribution in [2.45, 2.75) is 74.5 Å². The standard InChI is InChI=1S/C20H37O18P3/c21-9-17-14(2-6-29-17)36-40(25,26)34-11-19-16(4-8-31-19)38-41(27,28)35-12-20-15(3-7-32-20)37-39(23,24)33-10-18-13(22)1-5-30-18/h13-22H,1-12H2,(H,23,24)(H,25,26)(H,27,28)/t13-,14-,15-,16-,17+,18+,19+,20+/m0/s1. The van der Waals surface area contributed by atoms with Gasteiger partial charge in [-0.2, -0.15) is 0 Å². The number of hydrogen-bond donors (Lipinski definition) is 5. The Labute approximate surface area is 235 Å². The van der Waals surface area contributed by atoms with Crippen molar-refractivity contribution in [2.75, 3.05) is 52.9 Å². The lowest BCUT2D eigenvalue weighted by Crippen LogP contribution is -2.31. The van der Waals surface area contributed by atoms with Gasteiger partial charge < -0.3 is 43.8 Å². The summed E-state index contributed by atoms with van der Waals surface area (Å²) in [5.41, 5.74) is 0. The fourth-order valence-electron chi connectivity index (χ4n) is 4.63. The van der Waals surface area contributed by atoms with E-state index in [0.29, 0.717) is 13.0 Å². The van der Waals surface area contributed by atoms with E-state index in [4.69, 9.17) is 46.1 Å². The molecule has 21 heteroatoms. The second-order valence-corrected chi connectivity index (χ2v) is 14.0. The molecule has 0 spiro atoms. The maximum absolute atomic E-state index is 12.6. The summed E-state index contributed by atoms with van der Waals surface area (Å²) < 4.78 is 88.9. The van der Waals surface area contributed by atoms with E-state index in [-0.39, 0.29) is 45.7 Å². The van der Waals surface area contributed by atoms with Crippen molar-refractivity contribution in [3.05, 3.63) is 0 Å². The Kier molecular flexibility index (Phi) is 12.4. The van der Waals surface area contributed by atoms with Crippen LogP contribution in [0.2, 0.25) is 0 Å². The van der Waals surface area contributed by atoms with E-state index >= 15 is 0 Å². The maximum Gasteiger partial charge on any atom is 0.472 e. The molecular formula is C20H37O18P3. The third-order valence-corrected chi connectivity index (χ3v) is 9.85. The van der Waals surface area contributed by atoms with E-state index in [0.717, 1.165) is 0 Å². The van der Waals surface area contributed by atoms with Crippen molar-refractivity contribution in [1.29, 1.82) is 0 Å². The number of aliphatic hydroxyl groups is 2. The molecule has 4 aliphatic heterocycles. The number of phosphoric acid groups is 3. The third-order valence-electron chi connectivity index (χ3n) is 6.81. The predicted octanol–water partition coefficient (Wildman–Crippen LogP) is 0.00180. The lowest BCUT2D eigenvalue weighted by molar-refractivity contribution is -0.0298. The van der Waals surface area contributed by atoms with Crippen LogP contribution < -0.4 is 0 Å². The van der Waals surface area contributed by atoms with Crippen molar-refractivity contribution < 1.29 is 84.7 Å². The van der Waals surface area contributed by atoms with Gasteiger partial charge in [-0.25, -0.2) is 13.7 Å². The van der Waals surface area contributed by atoms with E-state index in [1.807, 2.05) is 0 Å². The highest BCUT2D eigenvalue weighted by Crippen LogP contribution is 2.51. The molecule has 0 radical (unpaired) electrons. The summed E-state index contributed by atoms with van der Waals surface area (Å²) in [6.45, 7) is -1.04. The van der Waals surface area contributed by atoms with E-state index in [1.165, 1.54) is 0 Å². The summed E-state index contributed by atoms with van der Waals surface area (Å²) in [6.07, 6.45) is -6.26. The molecule has 0 aromatic heterocycles. The van der Waals surface area contributed by atoms with Crippen molar-refractivity contribution >= 4 is 23.5 Å². The lowest BCUT2D eigenvalue weighted by Gasteiger charge is -2.25. The number of phosphoric ester groups is 3. The van der Waals surface area contributed by atoms with Gasteiger partial charge in [0, 0.05) is 45.7 Å². The summed E-state index contributed by atoms with van der Waals surface area (Å²) >= 11 is 0. The van der Waals surface area contributed by atoms with Crippen molar-refractivity contribution in [1.82, 2.24) is 0 Å². The highest BCUT2D eigenvalue weighted by Gasteiger charge is 2.42. The van der Waals surface area contributed by atoms with Crippen LogP contribution in [0.25, 0.3) is 0 Å². The van der Waals surface area contributed by atoms with Gasteiger partial charge in [0.05, 0.1) is 32.5 Å². The second-order valence-electron chi connectivity index (χ2n) is 9.77. The smallest absolute Gasteiger partial charge is 0.394 e. The van der Waals surface area contributed by atoms with Crippen molar-refractivity contribution in [3.63, 3.8) is 0 Å². The Morgan fingerprint density at radius 2 is 0.902 bits per heavy atom. The van der Waals surface area contributed by atoms with Gasteiger partial charge in [-0.05, 0) is 6.42 Å². The molecule has 0 saturated carbocycles. The lowest BCUT2D eigenvalue weighted by atomic mass is 10.2. The summed E-state index contributed by atoms with van der Waals surface area (Å²) in [6, 6.07) is 0. The first kappa shape index (κ1) is 34.0. The Morgan fingerprint density at radius 3 is 1.29 bits per heavy atom. The van der Waals surface area contributed by atoms with Crippen LogP contribution in [0.5, 0.6) is 0 Å². The van der Waals surface area contributed by atoms with Gasteiger partial charge >= 0.3 is 23.5 Å². The molecule has 3 unspecified atom stereocenters. The van der Waals surface area contributed by atoms with Crippen LogP contribution in [-0.4, -0.2) is 127 Å². The van der Waals surface area contributed by atoms with Crippen LogP contribution in [-0.2, 0) is 59.8 Å².